The summed E-state index contributed by atoms with van der Waals surface area (Å²) < 4.78 is 5.48. The van der Waals surface area contributed by atoms with Crippen molar-refractivity contribution in [2.75, 3.05) is 13.2 Å². The summed E-state index contributed by atoms with van der Waals surface area (Å²) in [6, 6.07) is 17.9. The van der Waals surface area contributed by atoms with E-state index in [0.717, 1.165) is 27.6 Å². The Hall–Kier alpha value is -2.92. The lowest BCUT2D eigenvalue weighted by Crippen LogP contribution is -2.32. The van der Waals surface area contributed by atoms with E-state index in [1.165, 1.54) is 0 Å². The third-order valence-electron chi connectivity index (χ3n) is 4.21. The molecule has 0 radical (unpaired) electrons. The van der Waals surface area contributed by atoms with E-state index in [9.17, 15) is 4.79 Å². The number of benzene rings is 2. The molecule has 0 aliphatic heterocycles. The summed E-state index contributed by atoms with van der Waals surface area (Å²) in [6.45, 7) is 7.48. The number of rotatable bonds is 9. The van der Waals surface area contributed by atoms with E-state index in [1.54, 1.807) is 22.3 Å². The van der Waals surface area contributed by atoms with Gasteiger partial charge < -0.3 is 9.64 Å². The highest BCUT2D eigenvalue weighted by Gasteiger charge is 2.15. The predicted molar refractivity (Wildman–Crippen MR) is 114 cm³/mol. The molecule has 4 nitrogen and oxygen atoms in total. The minimum Gasteiger partial charge on any atom is -0.494 e. The predicted octanol–water partition coefficient (Wildman–Crippen LogP) is 4.97. The highest BCUT2D eigenvalue weighted by atomic mass is 32.1. The molecule has 3 rings (SSSR count). The standard InChI is InChI=1S/C23H24N2O2S/c1-3-14-25(16-18-8-6-5-7-9-18)22(26)15-20-17-28-23(24-20)19-10-12-21(13-11-19)27-4-2/h3,5-13,17H,1,4,14-16H2,2H3. The lowest BCUT2D eigenvalue weighted by Gasteiger charge is -2.21. The van der Waals surface area contributed by atoms with Gasteiger partial charge in [-0.1, -0.05) is 36.4 Å². The van der Waals surface area contributed by atoms with Gasteiger partial charge in [-0.25, -0.2) is 4.98 Å². The van der Waals surface area contributed by atoms with E-state index in [0.29, 0.717) is 19.7 Å². The first-order valence-corrected chi connectivity index (χ1v) is 10.2. The number of amides is 1. The Morgan fingerprint density at radius 2 is 1.93 bits per heavy atom. The van der Waals surface area contributed by atoms with Gasteiger partial charge in [-0.15, -0.1) is 17.9 Å². The van der Waals surface area contributed by atoms with Crippen molar-refractivity contribution in [3.05, 3.63) is 83.9 Å². The molecule has 5 heteroatoms. The van der Waals surface area contributed by atoms with Gasteiger partial charge >= 0.3 is 0 Å². The summed E-state index contributed by atoms with van der Waals surface area (Å²) in [6.07, 6.45) is 2.04. The first-order valence-electron chi connectivity index (χ1n) is 9.30. The van der Waals surface area contributed by atoms with Crippen LogP contribution in [0.2, 0.25) is 0 Å². The number of hydrogen-bond acceptors (Lipinski definition) is 4. The van der Waals surface area contributed by atoms with Crippen LogP contribution in [0.1, 0.15) is 18.2 Å². The van der Waals surface area contributed by atoms with Crippen molar-refractivity contribution in [2.24, 2.45) is 0 Å². The molecule has 0 fully saturated rings. The zero-order chi connectivity index (χ0) is 19.8. The first kappa shape index (κ1) is 19.8. The molecule has 0 atom stereocenters. The molecule has 2 aromatic carbocycles. The molecule has 0 aliphatic rings. The second-order valence-corrected chi connectivity index (χ2v) is 7.18. The lowest BCUT2D eigenvalue weighted by molar-refractivity contribution is -0.130. The molecule has 0 aliphatic carbocycles. The molecule has 3 aromatic rings. The van der Waals surface area contributed by atoms with Gasteiger partial charge in [0.15, 0.2) is 0 Å². The van der Waals surface area contributed by atoms with Crippen LogP contribution in [0.15, 0.2) is 72.6 Å². The molecule has 1 heterocycles. The van der Waals surface area contributed by atoms with Crippen LogP contribution in [0, 0.1) is 0 Å². The molecule has 0 spiro atoms. The molecule has 0 N–H and O–H groups in total. The van der Waals surface area contributed by atoms with Gasteiger partial charge in [0.25, 0.3) is 0 Å². The smallest absolute Gasteiger partial charge is 0.229 e. The average Bonchev–Trinajstić information content (AvgIpc) is 3.18. The molecule has 28 heavy (non-hydrogen) atoms. The zero-order valence-corrected chi connectivity index (χ0v) is 16.8. The number of ether oxygens (including phenoxy) is 1. The molecule has 1 amide bonds. The van der Waals surface area contributed by atoms with Crippen LogP contribution in [-0.4, -0.2) is 28.9 Å². The Balaban J connectivity index is 1.66. The number of aromatic nitrogens is 1. The van der Waals surface area contributed by atoms with Crippen molar-refractivity contribution in [1.29, 1.82) is 0 Å². The molecule has 0 bridgehead atoms. The summed E-state index contributed by atoms with van der Waals surface area (Å²) >= 11 is 1.55. The SMILES string of the molecule is C=CCN(Cc1ccccc1)C(=O)Cc1csc(-c2ccc(OCC)cc2)n1. The van der Waals surface area contributed by atoms with Crippen LogP contribution in [0.4, 0.5) is 0 Å². The van der Waals surface area contributed by atoms with E-state index >= 15 is 0 Å². The van der Waals surface area contributed by atoms with Crippen molar-refractivity contribution in [1.82, 2.24) is 9.88 Å². The van der Waals surface area contributed by atoms with Crippen LogP contribution in [0.5, 0.6) is 5.75 Å². The van der Waals surface area contributed by atoms with Gasteiger partial charge in [-0.3, -0.25) is 4.79 Å². The summed E-state index contributed by atoms with van der Waals surface area (Å²) in [7, 11) is 0. The van der Waals surface area contributed by atoms with Gasteiger partial charge in [0.2, 0.25) is 5.91 Å². The molecule has 0 saturated carbocycles. The van der Waals surface area contributed by atoms with Crippen LogP contribution < -0.4 is 4.74 Å². The maximum atomic E-state index is 12.8. The van der Waals surface area contributed by atoms with Crippen molar-refractivity contribution in [2.45, 2.75) is 19.9 Å². The zero-order valence-electron chi connectivity index (χ0n) is 16.0. The Morgan fingerprint density at radius 3 is 2.61 bits per heavy atom. The number of nitrogens with zero attached hydrogens (tertiary/aromatic N) is 2. The van der Waals surface area contributed by atoms with E-state index in [2.05, 4.69) is 11.6 Å². The molecule has 0 saturated heterocycles. The molecule has 0 unspecified atom stereocenters. The van der Waals surface area contributed by atoms with Gasteiger partial charge in [0.1, 0.15) is 10.8 Å². The molecule has 1 aromatic heterocycles. The van der Waals surface area contributed by atoms with Crippen molar-refractivity contribution in [3.8, 4) is 16.3 Å². The number of carbonyl (C=O) groups is 1. The fraction of sp³-hybridized carbons (Fsp3) is 0.217. The fourth-order valence-corrected chi connectivity index (χ4v) is 3.69. The molecule has 144 valence electrons. The van der Waals surface area contributed by atoms with Crippen LogP contribution in [-0.2, 0) is 17.8 Å². The number of carbonyl (C=O) groups excluding carboxylic acids is 1. The molecular weight excluding hydrogens is 368 g/mol. The van der Waals surface area contributed by atoms with E-state index in [-0.39, 0.29) is 12.3 Å². The van der Waals surface area contributed by atoms with Crippen LogP contribution >= 0.6 is 11.3 Å². The maximum Gasteiger partial charge on any atom is 0.229 e. The Labute approximate surface area is 170 Å². The lowest BCUT2D eigenvalue weighted by atomic mass is 10.2. The van der Waals surface area contributed by atoms with Gasteiger partial charge in [-0.2, -0.15) is 0 Å². The Kier molecular flexibility index (Phi) is 6.98. The highest BCUT2D eigenvalue weighted by molar-refractivity contribution is 7.13. The third-order valence-corrected chi connectivity index (χ3v) is 5.15. The van der Waals surface area contributed by atoms with Gasteiger partial charge in [0.05, 0.1) is 18.7 Å². The number of hydrogen-bond donors (Lipinski definition) is 0. The largest absolute Gasteiger partial charge is 0.494 e. The van der Waals surface area contributed by atoms with Gasteiger partial charge in [0, 0.05) is 24.0 Å². The molecular formula is C23H24N2O2S. The second-order valence-electron chi connectivity index (χ2n) is 6.33. The third kappa shape index (κ3) is 5.30. The Morgan fingerprint density at radius 1 is 1.18 bits per heavy atom. The minimum atomic E-state index is 0.0484. The Bertz CT molecular complexity index is 904. The van der Waals surface area contributed by atoms with Crippen molar-refractivity contribution >= 4 is 17.2 Å². The first-order chi connectivity index (χ1) is 13.7. The normalized spacial score (nSPS) is 10.5. The summed E-state index contributed by atoms with van der Waals surface area (Å²) in [4.78, 5) is 19.2. The van der Waals surface area contributed by atoms with Crippen LogP contribution in [0.25, 0.3) is 10.6 Å². The summed E-state index contributed by atoms with van der Waals surface area (Å²) in [5.74, 6) is 0.895. The second kappa shape index (κ2) is 9.85. The van der Waals surface area contributed by atoms with Crippen molar-refractivity contribution < 1.29 is 9.53 Å². The van der Waals surface area contributed by atoms with Gasteiger partial charge in [-0.05, 0) is 36.8 Å². The van der Waals surface area contributed by atoms with Crippen LogP contribution in [0.3, 0.4) is 0 Å². The topological polar surface area (TPSA) is 42.4 Å². The summed E-state index contributed by atoms with van der Waals surface area (Å²) in [5.41, 5.74) is 2.92. The van der Waals surface area contributed by atoms with Crippen molar-refractivity contribution in [3.63, 3.8) is 0 Å². The quantitative estimate of drug-likeness (QED) is 0.483. The average molecular weight is 393 g/mol. The minimum absolute atomic E-state index is 0.0484. The van der Waals surface area contributed by atoms with E-state index in [4.69, 9.17) is 4.74 Å². The fourth-order valence-electron chi connectivity index (χ4n) is 2.86. The monoisotopic (exact) mass is 392 g/mol. The number of thiazole rings is 1. The van der Waals surface area contributed by atoms with E-state index in [1.807, 2.05) is 66.9 Å². The summed E-state index contributed by atoms with van der Waals surface area (Å²) in [5, 5.41) is 2.86. The van der Waals surface area contributed by atoms with E-state index < -0.39 is 0 Å². The highest BCUT2D eigenvalue weighted by Crippen LogP contribution is 2.26. The maximum absolute atomic E-state index is 12.8.